The molecule has 13 heteroatoms. The molecule has 0 bridgehead atoms. The molecule has 0 atom stereocenters. The molecule has 5 rings (SSSR count). The molecule has 4 aromatic carbocycles. The number of primary sulfonamides is 1. The van der Waals surface area contributed by atoms with Gasteiger partial charge in [0.15, 0.2) is 5.69 Å². The average molecular weight is 583 g/mol. The van der Waals surface area contributed by atoms with E-state index in [1.165, 1.54) is 41.1 Å². The summed E-state index contributed by atoms with van der Waals surface area (Å²) in [7, 11) is -3.94. The van der Waals surface area contributed by atoms with Gasteiger partial charge in [0.2, 0.25) is 10.0 Å². The van der Waals surface area contributed by atoms with E-state index in [0.717, 1.165) is 0 Å². The molecular weight excluding hydrogens is 560 g/mol. The summed E-state index contributed by atoms with van der Waals surface area (Å²) in [6, 6.07) is 26.5. The normalized spacial score (nSPS) is 11.5. The number of aromatic hydroxyl groups is 1. The van der Waals surface area contributed by atoms with Crippen molar-refractivity contribution in [3.63, 3.8) is 0 Å². The number of nitrogens with two attached hydrogens (primary N) is 1. The Hall–Kier alpha value is -5.66. The van der Waals surface area contributed by atoms with Crippen LogP contribution in [0.2, 0.25) is 0 Å². The Labute approximate surface area is 239 Å². The third-order valence-electron chi connectivity index (χ3n) is 6.01. The first-order valence-electron chi connectivity index (χ1n) is 12.3. The summed E-state index contributed by atoms with van der Waals surface area (Å²) in [6.07, 6.45) is 0. The van der Waals surface area contributed by atoms with Crippen LogP contribution in [0.1, 0.15) is 20.8 Å². The van der Waals surface area contributed by atoms with Crippen molar-refractivity contribution in [3.8, 4) is 22.7 Å². The number of hydrogen-bond acceptors (Lipinski definition) is 8. The van der Waals surface area contributed by atoms with Gasteiger partial charge in [-0.05, 0) is 66.7 Å². The SMILES string of the molecule is NS(=O)(=O)c1ccc(NC(=O)c2nn(-c3cccc(N=Nc4ccc(O)cc4)c3)c(-c3ccccc3)c2C(=O)O)cc1. The number of sulfonamides is 1. The average Bonchev–Trinajstić information content (AvgIpc) is 3.39. The van der Waals surface area contributed by atoms with Crippen LogP contribution >= 0.6 is 0 Å². The van der Waals surface area contributed by atoms with Crippen LogP contribution in [0, 0.1) is 0 Å². The summed E-state index contributed by atoms with van der Waals surface area (Å²) >= 11 is 0. The number of rotatable bonds is 8. The number of carboxylic acid groups (broad SMARTS) is 1. The van der Waals surface area contributed by atoms with E-state index < -0.39 is 21.9 Å². The van der Waals surface area contributed by atoms with Crippen LogP contribution in [0.5, 0.6) is 5.75 Å². The Bertz CT molecular complexity index is 1920. The first-order chi connectivity index (χ1) is 20.1. The van der Waals surface area contributed by atoms with Crippen molar-refractivity contribution in [1.29, 1.82) is 0 Å². The third kappa shape index (κ3) is 6.06. The lowest BCUT2D eigenvalue weighted by Gasteiger charge is -2.09. The molecule has 210 valence electrons. The number of phenols is 1. The number of phenolic OH excluding ortho intramolecular Hbond substituents is 1. The number of nitrogens with zero attached hydrogens (tertiary/aromatic N) is 4. The number of aromatic carboxylic acids is 1. The highest BCUT2D eigenvalue weighted by Crippen LogP contribution is 2.31. The van der Waals surface area contributed by atoms with Crippen LogP contribution in [-0.4, -0.2) is 40.3 Å². The molecule has 42 heavy (non-hydrogen) atoms. The first-order valence-corrected chi connectivity index (χ1v) is 13.8. The minimum atomic E-state index is -3.94. The molecule has 0 unspecified atom stereocenters. The van der Waals surface area contributed by atoms with Gasteiger partial charge in [-0.2, -0.15) is 15.3 Å². The van der Waals surface area contributed by atoms with Gasteiger partial charge >= 0.3 is 5.97 Å². The number of azo groups is 1. The van der Waals surface area contributed by atoms with Gasteiger partial charge in [-0.25, -0.2) is 23.0 Å². The van der Waals surface area contributed by atoms with Crippen molar-refractivity contribution in [3.05, 3.63) is 114 Å². The second-order valence-electron chi connectivity index (χ2n) is 8.91. The van der Waals surface area contributed by atoms with Crippen molar-refractivity contribution >= 4 is 39.0 Å². The third-order valence-corrected chi connectivity index (χ3v) is 6.94. The minimum Gasteiger partial charge on any atom is -0.508 e. The minimum absolute atomic E-state index is 0.0951. The maximum Gasteiger partial charge on any atom is 0.340 e. The molecule has 0 saturated heterocycles. The number of carboxylic acids is 1. The number of anilines is 1. The highest BCUT2D eigenvalue weighted by atomic mass is 32.2. The Morgan fingerprint density at radius 2 is 1.50 bits per heavy atom. The van der Waals surface area contributed by atoms with Gasteiger partial charge in [0.25, 0.3) is 5.91 Å². The zero-order valence-electron chi connectivity index (χ0n) is 21.6. The molecule has 0 aliphatic carbocycles. The molecule has 0 aliphatic rings. The van der Waals surface area contributed by atoms with Crippen molar-refractivity contribution in [1.82, 2.24) is 9.78 Å². The van der Waals surface area contributed by atoms with Crippen LogP contribution in [0.4, 0.5) is 17.1 Å². The second kappa shape index (κ2) is 11.4. The van der Waals surface area contributed by atoms with E-state index in [9.17, 15) is 28.2 Å². The molecular formula is C29H22N6O6S. The summed E-state index contributed by atoms with van der Waals surface area (Å²) < 4.78 is 24.5. The fourth-order valence-corrected chi connectivity index (χ4v) is 4.58. The van der Waals surface area contributed by atoms with Gasteiger partial charge in [-0.1, -0.05) is 36.4 Å². The highest BCUT2D eigenvalue weighted by molar-refractivity contribution is 7.89. The molecule has 0 radical (unpaired) electrons. The molecule has 0 aliphatic heterocycles. The number of benzene rings is 4. The lowest BCUT2D eigenvalue weighted by Crippen LogP contribution is -2.17. The quantitative estimate of drug-likeness (QED) is 0.179. The number of nitrogens with one attached hydrogen (secondary N) is 1. The van der Waals surface area contributed by atoms with Gasteiger partial charge in [0.05, 0.1) is 27.7 Å². The number of carbonyl (C=O) groups excluding carboxylic acids is 1. The summed E-state index contributed by atoms with van der Waals surface area (Å²) in [5, 5.41) is 40.2. The van der Waals surface area contributed by atoms with Gasteiger partial charge in [-0.3, -0.25) is 4.79 Å². The van der Waals surface area contributed by atoms with E-state index >= 15 is 0 Å². The smallest absolute Gasteiger partial charge is 0.340 e. The maximum absolute atomic E-state index is 13.4. The summed E-state index contributed by atoms with van der Waals surface area (Å²) in [5.41, 5.74) is 1.50. The fourth-order valence-electron chi connectivity index (χ4n) is 4.07. The molecule has 5 N–H and O–H groups in total. The van der Waals surface area contributed by atoms with E-state index in [2.05, 4.69) is 20.6 Å². The summed E-state index contributed by atoms with van der Waals surface area (Å²) in [4.78, 5) is 25.8. The second-order valence-corrected chi connectivity index (χ2v) is 10.5. The largest absolute Gasteiger partial charge is 0.508 e. The van der Waals surface area contributed by atoms with E-state index in [0.29, 0.717) is 22.6 Å². The predicted octanol–water partition coefficient (Wildman–Crippen LogP) is 5.26. The predicted molar refractivity (Wildman–Crippen MR) is 154 cm³/mol. The van der Waals surface area contributed by atoms with Crippen molar-refractivity contribution in [2.24, 2.45) is 15.4 Å². The molecule has 0 spiro atoms. The lowest BCUT2D eigenvalue weighted by molar-refractivity contribution is 0.0693. The van der Waals surface area contributed by atoms with Gasteiger partial charge in [0.1, 0.15) is 11.3 Å². The number of amides is 1. The molecule has 12 nitrogen and oxygen atoms in total. The van der Waals surface area contributed by atoms with Crippen LogP contribution in [-0.2, 0) is 10.0 Å². The molecule has 1 amide bonds. The van der Waals surface area contributed by atoms with Gasteiger partial charge in [0, 0.05) is 11.3 Å². The Morgan fingerprint density at radius 1 is 0.833 bits per heavy atom. The van der Waals surface area contributed by atoms with Crippen molar-refractivity contribution < 1.29 is 28.2 Å². The molecule has 0 fully saturated rings. The van der Waals surface area contributed by atoms with Crippen LogP contribution < -0.4 is 10.5 Å². The number of aromatic nitrogens is 2. The van der Waals surface area contributed by atoms with Crippen LogP contribution in [0.15, 0.2) is 118 Å². The fraction of sp³-hybridized carbons (Fsp3) is 0. The molecule has 5 aromatic rings. The summed E-state index contributed by atoms with van der Waals surface area (Å²) in [6.45, 7) is 0. The number of hydrogen-bond donors (Lipinski definition) is 4. The Balaban J connectivity index is 1.58. The van der Waals surface area contributed by atoms with Crippen LogP contribution in [0.3, 0.4) is 0 Å². The monoisotopic (exact) mass is 582 g/mol. The zero-order valence-corrected chi connectivity index (χ0v) is 22.4. The molecule has 1 aromatic heterocycles. The maximum atomic E-state index is 13.4. The van der Waals surface area contributed by atoms with Crippen LogP contribution in [0.25, 0.3) is 16.9 Å². The van der Waals surface area contributed by atoms with E-state index in [1.54, 1.807) is 66.7 Å². The lowest BCUT2D eigenvalue weighted by atomic mass is 10.0. The van der Waals surface area contributed by atoms with E-state index in [-0.39, 0.29) is 33.3 Å². The van der Waals surface area contributed by atoms with Gasteiger partial charge in [-0.15, -0.1) is 0 Å². The topological polar surface area (TPSA) is 189 Å². The summed E-state index contributed by atoms with van der Waals surface area (Å²) in [5.74, 6) is -2.11. The molecule has 1 heterocycles. The van der Waals surface area contributed by atoms with Crippen molar-refractivity contribution in [2.45, 2.75) is 4.90 Å². The standard InChI is InChI=1S/C29H22N6O6S/c30-42(40,41)24-15-11-19(12-16-24)31-28(37)26-25(29(38)39)27(18-5-2-1-3-6-18)35(34-26)22-8-4-7-21(17-22)33-32-20-9-13-23(36)14-10-20/h1-17,36H,(H,31,37)(H,38,39)(H2,30,40,41). The van der Waals surface area contributed by atoms with E-state index in [1.807, 2.05) is 0 Å². The Morgan fingerprint density at radius 3 is 2.14 bits per heavy atom. The molecule has 0 saturated carbocycles. The zero-order chi connectivity index (χ0) is 29.9. The van der Waals surface area contributed by atoms with Crippen molar-refractivity contribution in [2.75, 3.05) is 5.32 Å². The highest BCUT2D eigenvalue weighted by Gasteiger charge is 2.29. The number of carbonyl (C=O) groups is 2. The Kier molecular flexibility index (Phi) is 7.60. The first kappa shape index (κ1) is 27.9. The van der Waals surface area contributed by atoms with E-state index in [4.69, 9.17) is 5.14 Å². The van der Waals surface area contributed by atoms with Gasteiger partial charge < -0.3 is 15.5 Å².